The van der Waals surface area contributed by atoms with Crippen LogP contribution < -0.4 is 19.5 Å². The number of methoxy groups -OCH3 is 3. The summed E-state index contributed by atoms with van der Waals surface area (Å²) in [5, 5.41) is 2.76. The fourth-order valence-electron chi connectivity index (χ4n) is 2.16. The molecule has 0 radical (unpaired) electrons. The van der Waals surface area contributed by atoms with Gasteiger partial charge in [0.1, 0.15) is 0 Å². The molecule has 1 amide bonds. The molecule has 1 atom stereocenters. The Morgan fingerprint density at radius 3 is 2.47 bits per heavy atom. The maximum absolute atomic E-state index is 11.3. The van der Waals surface area contributed by atoms with Crippen LogP contribution in [0.3, 0.4) is 0 Å². The summed E-state index contributed by atoms with van der Waals surface area (Å²) in [6.45, 7) is 0.383. The Balaban J connectivity index is 2.42. The number of amides is 1. The van der Waals surface area contributed by atoms with Crippen molar-refractivity contribution in [3.05, 3.63) is 17.7 Å². The van der Waals surface area contributed by atoms with Crippen molar-refractivity contribution in [2.24, 2.45) is 0 Å². The predicted molar refractivity (Wildman–Crippen MR) is 67.9 cm³/mol. The van der Waals surface area contributed by atoms with Crippen LogP contribution in [0.5, 0.6) is 17.2 Å². The van der Waals surface area contributed by atoms with E-state index in [1.165, 1.54) is 0 Å². The molecule has 1 N–H and O–H groups in total. The first-order chi connectivity index (χ1) is 9.21. The summed E-state index contributed by atoms with van der Waals surface area (Å²) in [7, 11) is 4.67. The van der Waals surface area contributed by atoms with Gasteiger partial charge in [-0.25, -0.2) is 4.79 Å². The fourth-order valence-corrected chi connectivity index (χ4v) is 2.16. The first kappa shape index (κ1) is 13.3. The van der Waals surface area contributed by atoms with E-state index in [1.54, 1.807) is 27.4 Å². The van der Waals surface area contributed by atoms with Crippen LogP contribution in [0, 0.1) is 0 Å². The van der Waals surface area contributed by atoms with Crippen LogP contribution in [-0.4, -0.2) is 34.0 Å². The van der Waals surface area contributed by atoms with Crippen LogP contribution in [0.15, 0.2) is 12.1 Å². The van der Waals surface area contributed by atoms with Crippen molar-refractivity contribution in [2.75, 3.05) is 27.9 Å². The van der Waals surface area contributed by atoms with Gasteiger partial charge in [-0.3, -0.25) is 0 Å². The zero-order valence-corrected chi connectivity index (χ0v) is 11.2. The molecule has 0 bridgehead atoms. The van der Waals surface area contributed by atoms with Gasteiger partial charge in [0.05, 0.1) is 34.0 Å². The third kappa shape index (κ3) is 2.52. The topological polar surface area (TPSA) is 66.0 Å². The Kier molecular flexibility index (Phi) is 3.99. The summed E-state index contributed by atoms with van der Waals surface area (Å²) in [5.74, 6) is 1.67. The number of hydrogen-bond acceptors (Lipinski definition) is 5. The summed E-state index contributed by atoms with van der Waals surface area (Å²) in [4.78, 5) is 11.3. The molecule has 0 aromatic heterocycles. The largest absolute Gasteiger partial charge is 0.493 e. The number of hydrogen-bond donors (Lipinski definition) is 1. The first-order valence-electron chi connectivity index (χ1n) is 5.93. The zero-order valence-electron chi connectivity index (χ0n) is 11.2. The minimum Gasteiger partial charge on any atom is -0.493 e. The number of rotatable bonds is 4. The van der Waals surface area contributed by atoms with Crippen LogP contribution in [0.1, 0.15) is 18.0 Å². The average molecular weight is 267 g/mol. The highest BCUT2D eigenvalue weighted by molar-refractivity contribution is 5.69. The molecular formula is C13H17NO5. The number of carbonyl (C=O) groups is 1. The van der Waals surface area contributed by atoms with E-state index in [0.29, 0.717) is 30.3 Å². The maximum atomic E-state index is 11.3. The van der Waals surface area contributed by atoms with E-state index in [0.717, 1.165) is 5.56 Å². The van der Waals surface area contributed by atoms with Gasteiger partial charge in [0, 0.05) is 12.0 Å². The van der Waals surface area contributed by atoms with Gasteiger partial charge in [0.25, 0.3) is 0 Å². The van der Waals surface area contributed by atoms with Crippen molar-refractivity contribution >= 4 is 6.09 Å². The average Bonchev–Trinajstić information content (AvgIpc) is 2.45. The summed E-state index contributed by atoms with van der Waals surface area (Å²) in [6.07, 6.45) is 0.255. The van der Waals surface area contributed by atoms with Gasteiger partial charge in [-0.1, -0.05) is 0 Å². The number of carbonyl (C=O) groups excluding carboxylic acids is 1. The van der Waals surface area contributed by atoms with Crippen LogP contribution in [0.25, 0.3) is 0 Å². The van der Waals surface area contributed by atoms with Gasteiger partial charge in [0.15, 0.2) is 11.5 Å². The summed E-state index contributed by atoms with van der Waals surface area (Å²) in [6, 6.07) is 3.49. The molecule has 0 spiro atoms. The van der Waals surface area contributed by atoms with E-state index in [9.17, 15) is 4.79 Å². The third-order valence-corrected chi connectivity index (χ3v) is 3.04. The molecule has 2 rings (SSSR count). The van der Waals surface area contributed by atoms with E-state index in [4.69, 9.17) is 18.9 Å². The SMILES string of the molecule is COc1ccc([C@H]2CCOC(=O)N2)c(OC)c1OC. The van der Waals surface area contributed by atoms with Gasteiger partial charge in [0.2, 0.25) is 5.75 Å². The van der Waals surface area contributed by atoms with Crippen molar-refractivity contribution in [2.45, 2.75) is 12.5 Å². The molecule has 0 saturated carbocycles. The van der Waals surface area contributed by atoms with E-state index >= 15 is 0 Å². The van der Waals surface area contributed by atoms with Gasteiger partial charge in [-0.05, 0) is 12.1 Å². The minimum atomic E-state index is -0.423. The summed E-state index contributed by atoms with van der Waals surface area (Å²) >= 11 is 0. The van der Waals surface area contributed by atoms with Crippen molar-refractivity contribution in [1.29, 1.82) is 0 Å². The van der Waals surface area contributed by atoms with Crippen molar-refractivity contribution in [3.63, 3.8) is 0 Å². The maximum Gasteiger partial charge on any atom is 0.407 e. The van der Waals surface area contributed by atoms with Gasteiger partial charge >= 0.3 is 6.09 Å². The Bertz CT molecular complexity index is 474. The molecule has 0 unspecified atom stereocenters. The van der Waals surface area contributed by atoms with Crippen molar-refractivity contribution in [1.82, 2.24) is 5.32 Å². The smallest absolute Gasteiger partial charge is 0.407 e. The molecule has 1 aliphatic rings. The second kappa shape index (κ2) is 5.69. The monoisotopic (exact) mass is 267 g/mol. The molecule has 1 aromatic rings. The molecule has 1 heterocycles. The highest BCUT2D eigenvalue weighted by Crippen LogP contribution is 2.42. The lowest BCUT2D eigenvalue weighted by Gasteiger charge is -2.26. The number of alkyl carbamates (subject to hydrolysis) is 1. The van der Waals surface area contributed by atoms with E-state index in [-0.39, 0.29) is 6.04 Å². The van der Waals surface area contributed by atoms with Crippen molar-refractivity contribution in [3.8, 4) is 17.2 Å². The first-order valence-corrected chi connectivity index (χ1v) is 5.93. The Morgan fingerprint density at radius 1 is 1.16 bits per heavy atom. The second-order valence-corrected chi connectivity index (χ2v) is 4.05. The standard InChI is InChI=1S/C13H17NO5/c1-16-10-5-4-8(11(17-2)12(10)18-3)9-6-7-19-13(15)14-9/h4-5,9H,6-7H2,1-3H3,(H,14,15)/t9-/m1/s1. The van der Waals surface area contributed by atoms with Crippen LogP contribution >= 0.6 is 0 Å². The highest BCUT2D eigenvalue weighted by atomic mass is 16.6. The number of cyclic esters (lactones) is 1. The Morgan fingerprint density at radius 2 is 1.89 bits per heavy atom. The zero-order chi connectivity index (χ0) is 13.8. The Labute approximate surface area is 111 Å². The lowest BCUT2D eigenvalue weighted by atomic mass is 10.0. The van der Waals surface area contributed by atoms with E-state index < -0.39 is 6.09 Å². The number of nitrogens with one attached hydrogen (secondary N) is 1. The Hall–Kier alpha value is -2.11. The summed E-state index contributed by atoms with van der Waals surface area (Å²) < 4.78 is 20.8. The van der Waals surface area contributed by atoms with Gasteiger partial charge < -0.3 is 24.3 Å². The van der Waals surface area contributed by atoms with Crippen LogP contribution in [-0.2, 0) is 4.74 Å². The van der Waals surface area contributed by atoms with Gasteiger partial charge in [-0.2, -0.15) is 0 Å². The van der Waals surface area contributed by atoms with E-state index in [1.807, 2.05) is 6.07 Å². The highest BCUT2D eigenvalue weighted by Gasteiger charge is 2.26. The molecule has 1 saturated heterocycles. The molecule has 104 valence electrons. The predicted octanol–water partition coefficient (Wildman–Crippen LogP) is 1.88. The lowest BCUT2D eigenvalue weighted by Crippen LogP contribution is -2.35. The third-order valence-electron chi connectivity index (χ3n) is 3.04. The van der Waals surface area contributed by atoms with Crippen LogP contribution in [0.4, 0.5) is 4.79 Å². The van der Waals surface area contributed by atoms with Crippen LogP contribution in [0.2, 0.25) is 0 Å². The molecule has 1 fully saturated rings. The second-order valence-electron chi connectivity index (χ2n) is 4.05. The van der Waals surface area contributed by atoms with Gasteiger partial charge in [-0.15, -0.1) is 0 Å². The molecule has 19 heavy (non-hydrogen) atoms. The van der Waals surface area contributed by atoms with E-state index in [2.05, 4.69) is 5.32 Å². The number of benzene rings is 1. The molecule has 6 heteroatoms. The molecule has 1 aromatic carbocycles. The molecule has 6 nitrogen and oxygen atoms in total. The fraction of sp³-hybridized carbons (Fsp3) is 0.462. The number of ether oxygens (including phenoxy) is 4. The minimum absolute atomic E-state index is 0.156. The van der Waals surface area contributed by atoms with Crippen molar-refractivity contribution < 1.29 is 23.7 Å². The molecule has 1 aliphatic heterocycles. The molecule has 0 aliphatic carbocycles. The summed E-state index contributed by atoms with van der Waals surface area (Å²) in [5.41, 5.74) is 0.844. The normalized spacial score (nSPS) is 18.3. The lowest BCUT2D eigenvalue weighted by molar-refractivity contribution is 0.115. The quantitative estimate of drug-likeness (QED) is 0.902. The molecular weight excluding hydrogens is 250 g/mol.